The predicted molar refractivity (Wildman–Crippen MR) is 151 cm³/mol. The smallest absolute Gasteiger partial charge is 0.261 e. The molecule has 3 rings (SSSR count). The Morgan fingerprint density at radius 1 is 1.38 bits per heavy atom. The van der Waals surface area contributed by atoms with Gasteiger partial charge in [0.05, 0.1) is 18.0 Å². The van der Waals surface area contributed by atoms with Gasteiger partial charge in [-0.2, -0.15) is 0 Å². The number of pyridine rings is 1. The number of hydrogen-bond donors (Lipinski definition) is 4. The zero-order valence-electron chi connectivity index (χ0n) is 22.9. The number of methoxy groups -OCH3 is 1. The van der Waals surface area contributed by atoms with E-state index in [1.165, 1.54) is 43.4 Å². The number of allylic oxidation sites excluding steroid dienone is 1. The number of nitrogens with zero attached hydrogens (tertiary/aromatic N) is 1. The largest absolute Gasteiger partial charge is 0.495 e. The molecule has 5 N–H and O–H groups in total. The Bertz CT molecular complexity index is 1150. The van der Waals surface area contributed by atoms with Gasteiger partial charge in [-0.1, -0.05) is 31.6 Å². The van der Waals surface area contributed by atoms with Gasteiger partial charge in [-0.15, -0.1) is 11.8 Å². The minimum absolute atomic E-state index is 0.0915. The topological polar surface area (TPSA) is 128 Å². The Balaban J connectivity index is 1.89. The van der Waals surface area contributed by atoms with Crippen LogP contribution in [0.2, 0.25) is 0 Å². The first-order valence-corrected chi connectivity index (χ1v) is 14.3. The van der Waals surface area contributed by atoms with E-state index in [2.05, 4.69) is 39.8 Å². The van der Waals surface area contributed by atoms with Gasteiger partial charge in [-0.05, 0) is 38.7 Å². The van der Waals surface area contributed by atoms with Gasteiger partial charge < -0.3 is 20.1 Å². The molecule has 0 aromatic carbocycles. The summed E-state index contributed by atoms with van der Waals surface area (Å²) in [6, 6.07) is 0.177. The van der Waals surface area contributed by atoms with Crippen LogP contribution in [0.3, 0.4) is 0 Å². The van der Waals surface area contributed by atoms with Crippen LogP contribution in [0.1, 0.15) is 68.3 Å². The molecule has 218 valence electrons. The molecule has 4 unspecified atom stereocenters. The number of aldehydes is 1. The van der Waals surface area contributed by atoms with Gasteiger partial charge in [0.2, 0.25) is 5.88 Å². The van der Waals surface area contributed by atoms with Crippen molar-refractivity contribution in [3.63, 3.8) is 0 Å². The van der Waals surface area contributed by atoms with Gasteiger partial charge in [0.1, 0.15) is 17.2 Å². The van der Waals surface area contributed by atoms with Crippen LogP contribution in [0.15, 0.2) is 30.3 Å². The summed E-state index contributed by atoms with van der Waals surface area (Å²) in [5.41, 5.74) is 3.31. The summed E-state index contributed by atoms with van der Waals surface area (Å²) in [6.07, 6.45) is 6.64. The molecular weight excluding hydrogens is 540 g/mol. The van der Waals surface area contributed by atoms with E-state index in [4.69, 9.17) is 15.3 Å². The van der Waals surface area contributed by atoms with Crippen LogP contribution in [0.25, 0.3) is 5.57 Å². The minimum Gasteiger partial charge on any atom is -0.495 e. The molecule has 12 heteroatoms. The summed E-state index contributed by atoms with van der Waals surface area (Å²) in [5.74, 6) is 12.1. The van der Waals surface area contributed by atoms with E-state index in [1.54, 1.807) is 6.92 Å². The van der Waals surface area contributed by atoms with E-state index in [0.717, 1.165) is 32.1 Å². The number of rotatable bonds is 15. The number of halogens is 2. The number of amides is 1. The third-order valence-electron chi connectivity index (χ3n) is 6.26. The van der Waals surface area contributed by atoms with Crippen molar-refractivity contribution in [3.05, 3.63) is 41.4 Å². The molecule has 2 heterocycles. The van der Waals surface area contributed by atoms with Crippen LogP contribution in [0.5, 0.6) is 5.88 Å². The van der Waals surface area contributed by atoms with Gasteiger partial charge in [-0.25, -0.2) is 19.2 Å². The molecule has 9 nitrogen and oxygen atoms in total. The molecule has 4 atom stereocenters. The Hall–Kier alpha value is -3.14. The Kier molecular flexibility index (Phi) is 12.2. The fraction of sp³-hybridized carbons (Fsp3) is 0.536. The number of nitrogens with one attached hydrogen (secondary N) is 3. The number of hydrazine groups is 1. The van der Waals surface area contributed by atoms with E-state index in [9.17, 15) is 18.4 Å². The first-order valence-electron chi connectivity index (χ1n) is 13.4. The predicted octanol–water partition coefficient (Wildman–Crippen LogP) is 3.73. The van der Waals surface area contributed by atoms with Crippen LogP contribution in [0, 0.1) is 17.8 Å². The zero-order chi connectivity index (χ0) is 29.1. The van der Waals surface area contributed by atoms with Crippen LogP contribution in [-0.2, 0) is 9.53 Å². The molecule has 1 aromatic rings. The third kappa shape index (κ3) is 9.21. The number of aromatic nitrogens is 1. The van der Waals surface area contributed by atoms with Crippen molar-refractivity contribution >= 4 is 29.5 Å². The second-order valence-electron chi connectivity index (χ2n) is 9.54. The van der Waals surface area contributed by atoms with Crippen molar-refractivity contribution in [2.24, 2.45) is 11.8 Å². The number of carbonyl (C=O) groups excluding carboxylic acids is 2. The van der Waals surface area contributed by atoms with Crippen LogP contribution < -0.4 is 26.6 Å². The quantitative estimate of drug-likeness (QED) is 0.0616. The maximum Gasteiger partial charge on any atom is 0.261 e. The summed E-state index contributed by atoms with van der Waals surface area (Å²) in [6.45, 7) is 3.85. The molecule has 1 aliphatic heterocycles. The highest BCUT2D eigenvalue weighted by Gasteiger charge is 2.28. The molecule has 0 saturated heterocycles. The summed E-state index contributed by atoms with van der Waals surface area (Å²) in [7, 11) is 1.40. The Morgan fingerprint density at radius 3 is 2.77 bits per heavy atom. The number of hydrogen-bond acceptors (Lipinski definition) is 9. The molecule has 2 aliphatic rings. The SMILES string of the molecule is CCCCCC(C=O)Oc1cc(C2=CC(C(F)F)NC=C2OC)c(C(=O)NC(C)SC(C#CC2CC2)NN)cn1. The van der Waals surface area contributed by atoms with E-state index >= 15 is 0 Å². The molecule has 1 aliphatic carbocycles. The zero-order valence-corrected chi connectivity index (χ0v) is 23.7. The van der Waals surface area contributed by atoms with Gasteiger partial charge in [-0.3, -0.25) is 15.4 Å². The first kappa shape index (κ1) is 31.4. The lowest BCUT2D eigenvalue weighted by molar-refractivity contribution is -0.114. The lowest BCUT2D eigenvalue weighted by Gasteiger charge is -2.24. The van der Waals surface area contributed by atoms with Gasteiger partial charge >= 0.3 is 0 Å². The molecule has 1 aromatic heterocycles. The molecule has 40 heavy (non-hydrogen) atoms. The minimum atomic E-state index is -2.70. The van der Waals surface area contributed by atoms with Crippen LogP contribution >= 0.6 is 11.8 Å². The monoisotopic (exact) mass is 577 g/mol. The van der Waals surface area contributed by atoms with E-state index < -0.39 is 29.9 Å². The van der Waals surface area contributed by atoms with Gasteiger partial charge in [0.15, 0.2) is 12.4 Å². The number of thioether (sulfide) groups is 1. The molecule has 1 amide bonds. The van der Waals surface area contributed by atoms with Crippen molar-refractivity contribution in [1.29, 1.82) is 0 Å². The number of carbonyl (C=O) groups is 2. The lowest BCUT2D eigenvalue weighted by atomic mass is 9.95. The highest BCUT2D eigenvalue weighted by molar-refractivity contribution is 8.00. The number of nitrogens with two attached hydrogens (primary N) is 1. The standard InChI is InChI=1S/C28H37F2N5O4S/c1-4-5-6-7-19(16-36)39-25-13-20(21-12-23(27(29)30)32-15-24(21)38-3)22(14-33-25)28(37)34-17(2)40-26(35-31)11-10-18-8-9-18/h12-19,23,26-27,32,35H,4-9,31H2,1-3H3,(H,34,37). The molecule has 1 saturated carbocycles. The fourth-order valence-corrected chi connectivity index (χ4v) is 4.74. The number of alkyl halides is 2. The molecule has 0 radical (unpaired) electrons. The third-order valence-corrected chi connectivity index (χ3v) is 7.31. The Morgan fingerprint density at radius 2 is 2.15 bits per heavy atom. The fourth-order valence-electron chi connectivity index (χ4n) is 3.94. The second kappa shape index (κ2) is 15.6. The number of ether oxygens (including phenoxy) is 2. The molecular formula is C28H37F2N5O4S. The lowest BCUT2D eigenvalue weighted by Crippen LogP contribution is -2.38. The second-order valence-corrected chi connectivity index (χ2v) is 11.0. The van der Waals surface area contributed by atoms with Crippen molar-refractivity contribution in [2.45, 2.75) is 81.7 Å². The summed E-state index contributed by atoms with van der Waals surface area (Å²) < 4.78 is 38.5. The van der Waals surface area contributed by atoms with Crippen molar-refractivity contribution in [2.75, 3.05) is 7.11 Å². The van der Waals surface area contributed by atoms with E-state index in [1.807, 2.05) is 0 Å². The van der Waals surface area contributed by atoms with Gasteiger partial charge in [0.25, 0.3) is 12.3 Å². The highest BCUT2D eigenvalue weighted by Crippen LogP contribution is 2.33. The van der Waals surface area contributed by atoms with Crippen molar-refractivity contribution in [1.82, 2.24) is 21.0 Å². The average Bonchev–Trinajstić information content (AvgIpc) is 3.78. The van der Waals surface area contributed by atoms with Gasteiger partial charge in [0, 0.05) is 35.5 Å². The maximum atomic E-state index is 13.6. The van der Waals surface area contributed by atoms with Crippen molar-refractivity contribution < 1.29 is 27.8 Å². The first-order chi connectivity index (χ1) is 19.3. The van der Waals surface area contributed by atoms with Crippen LogP contribution in [-0.4, -0.2) is 53.6 Å². The normalized spacial score (nSPS) is 18.7. The highest BCUT2D eigenvalue weighted by atomic mass is 32.2. The molecule has 1 fully saturated rings. The number of dihydropyridines is 1. The van der Waals surface area contributed by atoms with Crippen molar-refractivity contribution in [3.8, 4) is 17.7 Å². The maximum absolute atomic E-state index is 13.6. The van der Waals surface area contributed by atoms with E-state index in [-0.39, 0.29) is 33.7 Å². The summed E-state index contributed by atoms with van der Waals surface area (Å²) in [5, 5.41) is 4.69. The van der Waals surface area contributed by atoms with Crippen LogP contribution in [0.4, 0.5) is 8.78 Å². The molecule has 0 bridgehead atoms. The average molecular weight is 578 g/mol. The number of unbranched alkanes of at least 4 members (excludes halogenated alkanes) is 2. The Labute approximate surface area is 238 Å². The summed E-state index contributed by atoms with van der Waals surface area (Å²) in [4.78, 5) is 29.3. The van der Waals surface area contributed by atoms with E-state index in [0.29, 0.717) is 18.6 Å². The summed E-state index contributed by atoms with van der Waals surface area (Å²) >= 11 is 1.33. The molecule has 0 spiro atoms.